The second kappa shape index (κ2) is 10.6. The standard InChI is InChI=1S/C23H31N3O2S/c1-3-4-16-26-22(28)19-12-8-9-13-20(19)25-23(26)29-17(2)21(27)24-15-14-18-10-6-5-7-11-18/h8-10,12-13,17H,3-7,11,14-16H2,1-2H3,(H,24,27)/t17-/m1/s1. The molecule has 1 atom stereocenters. The summed E-state index contributed by atoms with van der Waals surface area (Å²) in [6, 6.07) is 7.42. The Morgan fingerprint density at radius 1 is 1.31 bits per heavy atom. The second-order valence-electron chi connectivity index (χ2n) is 7.63. The van der Waals surface area contributed by atoms with Gasteiger partial charge in [0.25, 0.3) is 5.56 Å². The molecular formula is C23H31N3O2S. The summed E-state index contributed by atoms with van der Waals surface area (Å²) in [7, 11) is 0. The second-order valence-corrected chi connectivity index (χ2v) is 8.94. The summed E-state index contributed by atoms with van der Waals surface area (Å²) in [4.78, 5) is 30.3. The minimum absolute atomic E-state index is 0.00383. The Hall–Kier alpha value is -2.08. The summed E-state index contributed by atoms with van der Waals surface area (Å²) in [5.74, 6) is -0.00383. The van der Waals surface area contributed by atoms with Gasteiger partial charge in [-0.2, -0.15) is 0 Å². The van der Waals surface area contributed by atoms with Crippen LogP contribution in [-0.2, 0) is 11.3 Å². The average molecular weight is 414 g/mol. The van der Waals surface area contributed by atoms with E-state index >= 15 is 0 Å². The first kappa shape index (κ1) is 21.6. The van der Waals surface area contributed by atoms with Crippen LogP contribution >= 0.6 is 11.8 Å². The number of unbranched alkanes of at least 4 members (excludes halogenated alkanes) is 1. The van der Waals surface area contributed by atoms with Crippen molar-refractivity contribution < 1.29 is 4.79 Å². The summed E-state index contributed by atoms with van der Waals surface area (Å²) < 4.78 is 1.73. The Bertz CT molecular complexity index is 935. The highest BCUT2D eigenvalue weighted by Gasteiger charge is 2.19. The van der Waals surface area contributed by atoms with Gasteiger partial charge in [0, 0.05) is 13.1 Å². The Morgan fingerprint density at radius 3 is 2.90 bits per heavy atom. The zero-order valence-electron chi connectivity index (χ0n) is 17.4. The van der Waals surface area contributed by atoms with Crippen LogP contribution in [0.3, 0.4) is 0 Å². The zero-order chi connectivity index (χ0) is 20.6. The van der Waals surface area contributed by atoms with Crippen molar-refractivity contribution in [1.82, 2.24) is 14.9 Å². The molecule has 1 amide bonds. The molecule has 6 heteroatoms. The number of thioether (sulfide) groups is 1. The van der Waals surface area contributed by atoms with Crippen LogP contribution in [0, 0.1) is 0 Å². The van der Waals surface area contributed by atoms with E-state index in [0.717, 1.165) is 25.7 Å². The van der Waals surface area contributed by atoms with E-state index in [2.05, 4.69) is 18.3 Å². The van der Waals surface area contributed by atoms with Gasteiger partial charge in [0.2, 0.25) is 5.91 Å². The fraction of sp³-hybridized carbons (Fsp3) is 0.522. The van der Waals surface area contributed by atoms with E-state index in [1.165, 1.54) is 36.6 Å². The molecule has 0 bridgehead atoms. The maximum atomic E-state index is 13.0. The van der Waals surface area contributed by atoms with Crippen molar-refractivity contribution in [2.45, 2.75) is 75.7 Å². The highest BCUT2D eigenvalue weighted by atomic mass is 32.2. The van der Waals surface area contributed by atoms with E-state index in [1.807, 2.05) is 31.2 Å². The summed E-state index contributed by atoms with van der Waals surface area (Å²) in [6.07, 6.45) is 10.0. The molecule has 1 aliphatic carbocycles. The van der Waals surface area contributed by atoms with Crippen LogP contribution in [0.15, 0.2) is 45.9 Å². The topological polar surface area (TPSA) is 64.0 Å². The van der Waals surface area contributed by atoms with Gasteiger partial charge in [-0.3, -0.25) is 14.2 Å². The molecule has 0 radical (unpaired) electrons. The van der Waals surface area contributed by atoms with Crippen molar-refractivity contribution in [3.8, 4) is 0 Å². The van der Waals surface area contributed by atoms with Crippen LogP contribution in [0.1, 0.15) is 58.8 Å². The molecule has 3 rings (SSSR count). The van der Waals surface area contributed by atoms with Crippen LogP contribution in [0.2, 0.25) is 0 Å². The molecule has 1 heterocycles. The maximum absolute atomic E-state index is 13.0. The average Bonchev–Trinajstić information content (AvgIpc) is 2.74. The largest absolute Gasteiger partial charge is 0.355 e. The summed E-state index contributed by atoms with van der Waals surface area (Å²) in [6.45, 7) is 5.27. The lowest BCUT2D eigenvalue weighted by Crippen LogP contribution is -2.33. The van der Waals surface area contributed by atoms with Gasteiger partial charge >= 0.3 is 0 Å². The number of fused-ring (bicyclic) bond motifs is 1. The highest BCUT2D eigenvalue weighted by Crippen LogP contribution is 2.23. The van der Waals surface area contributed by atoms with E-state index < -0.39 is 0 Å². The lowest BCUT2D eigenvalue weighted by molar-refractivity contribution is -0.120. The third-order valence-electron chi connectivity index (χ3n) is 5.34. The monoisotopic (exact) mass is 413 g/mol. The summed E-state index contributed by atoms with van der Waals surface area (Å²) in [5, 5.41) is 3.99. The van der Waals surface area contributed by atoms with E-state index in [-0.39, 0.29) is 16.7 Å². The molecular weight excluding hydrogens is 382 g/mol. The number of carbonyl (C=O) groups excluding carboxylic acids is 1. The third kappa shape index (κ3) is 5.72. The smallest absolute Gasteiger partial charge is 0.262 e. The number of allylic oxidation sites excluding steroid dienone is 1. The molecule has 156 valence electrons. The van der Waals surface area contributed by atoms with E-state index in [4.69, 9.17) is 4.98 Å². The van der Waals surface area contributed by atoms with Crippen LogP contribution in [0.25, 0.3) is 10.9 Å². The zero-order valence-corrected chi connectivity index (χ0v) is 18.3. The lowest BCUT2D eigenvalue weighted by Gasteiger charge is -2.17. The van der Waals surface area contributed by atoms with Gasteiger partial charge in [0.05, 0.1) is 16.2 Å². The minimum atomic E-state index is -0.309. The summed E-state index contributed by atoms with van der Waals surface area (Å²) in [5.41, 5.74) is 2.12. The number of hydrogen-bond donors (Lipinski definition) is 1. The fourth-order valence-electron chi connectivity index (χ4n) is 3.58. The number of nitrogens with one attached hydrogen (secondary N) is 1. The molecule has 0 spiro atoms. The predicted octanol–water partition coefficient (Wildman–Crippen LogP) is 4.68. The molecule has 5 nitrogen and oxygen atoms in total. The van der Waals surface area contributed by atoms with Crippen molar-refractivity contribution in [2.24, 2.45) is 0 Å². The van der Waals surface area contributed by atoms with Gasteiger partial charge in [-0.1, -0.05) is 48.9 Å². The van der Waals surface area contributed by atoms with Gasteiger partial charge in [0.1, 0.15) is 0 Å². The summed E-state index contributed by atoms with van der Waals surface area (Å²) >= 11 is 1.37. The quantitative estimate of drug-likeness (QED) is 0.368. The molecule has 0 aliphatic heterocycles. The van der Waals surface area contributed by atoms with Crippen molar-refractivity contribution in [1.29, 1.82) is 0 Å². The Morgan fingerprint density at radius 2 is 2.14 bits per heavy atom. The Labute approximate surface area is 177 Å². The number of rotatable bonds is 9. The molecule has 29 heavy (non-hydrogen) atoms. The number of benzene rings is 1. The van der Waals surface area contributed by atoms with Gasteiger partial charge in [-0.25, -0.2) is 4.98 Å². The highest BCUT2D eigenvalue weighted by molar-refractivity contribution is 8.00. The molecule has 0 unspecified atom stereocenters. The SMILES string of the molecule is CCCCn1c(S[C@H](C)C(=O)NCCC2=CCCCC2)nc2ccccc2c1=O. The molecule has 1 aromatic carbocycles. The molecule has 0 fully saturated rings. The Kier molecular flexibility index (Phi) is 7.92. The first-order valence-electron chi connectivity index (χ1n) is 10.7. The van der Waals surface area contributed by atoms with Crippen molar-refractivity contribution in [2.75, 3.05) is 6.54 Å². The number of carbonyl (C=O) groups is 1. The molecule has 0 saturated carbocycles. The first-order chi connectivity index (χ1) is 14.1. The van der Waals surface area contributed by atoms with Crippen molar-refractivity contribution >= 4 is 28.6 Å². The van der Waals surface area contributed by atoms with Crippen LogP contribution in [0.5, 0.6) is 0 Å². The lowest BCUT2D eigenvalue weighted by atomic mass is 9.97. The third-order valence-corrected chi connectivity index (χ3v) is 6.43. The normalized spacial score (nSPS) is 15.2. The molecule has 0 saturated heterocycles. The van der Waals surface area contributed by atoms with E-state index in [9.17, 15) is 9.59 Å². The predicted molar refractivity (Wildman–Crippen MR) is 120 cm³/mol. The minimum Gasteiger partial charge on any atom is -0.355 e. The van der Waals surface area contributed by atoms with Crippen LogP contribution < -0.4 is 10.9 Å². The van der Waals surface area contributed by atoms with Gasteiger partial charge in [0.15, 0.2) is 5.16 Å². The Balaban J connectivity index is 1.69. The molecule has 1 aliphatic rings. The number of aromatic nitrogens is 2. The maximum Gasteiger partial charge on any atom is 0.262 e. The van der Waals surface area contributed by atoms with Crippen LogP contribution in [-0.4, -0.2) is 27.3 Å². The van der Waals surface area contributed by atoms with Crippen molar-refractivity contribution in [3.05, 3.63) is 46.3 Å². The number of hydrogen-bond acceptors (Lipinski definition) is 4. The van der Waals surface area contributed by atoms with Crippen molar-refractivity contribution in [3.63, 3.8) is 0 Å². The molecule has 1 aromatic heterocycles. The number of nitrogens with zero attached hydrogens (tertiary/aromatic N) is 2. The molecule has 2 aromatic rings. The first-order valence-corrected chi connectivity index (χ1v) is 11.6. The fourth-order valence-corrected chi connectivity index (χ4v) is 4.54. The van der Waals surface area contributed by atoms with E-state index in [1.54, 1.807) is 4.57 Å². The van der Waals surface area contributed by atoms with Gasteiger partial charge < -0.3 is 5.32 Å². The van der Waals surface area contributed by atoms with Gasteiger partial charge in [-0.05, 0) is 57.6 Å². The van der Waals surface area contributed by atoms with Crippen LogP contribution in [0.4, 0.5) is 0 Å². The number of para-hydroxylation sites is 1. The number of amides is 1. The van der Waals surface area contributed by atoms with E-state index in [0.29, 0.717) is 29.1 Å². The van der Waals surface area contributed by atoms with Gasteiger partial charge in [-0.15, -0.1) is 0 Å². The molecule has 1 N–H and O–H groups in total.